The van der Waals surface area contributed by atoms with Crippen molar-refractivity contribution in [3.63, 3.8) is 0 Å². The van der Waals surface area contributed by atoms with Gasteiger partial charge in [-0.3, -0.25) is 19.3 Å². The van der Waals surface area contributed by atoms with E-state index in [4.69, 9.17) is 4.74 Å². The van der Waals surface area contributed by atoms with E-state index < -0.39 is 17.9 Å². The molecule has 4 rings (SSSR count). The van der Waals surface area contributed by atoms with Gasteiger partial charge in [0.15, 0.2) is 0 Å². The first kappa shape index (κ1) is 19.2. The highest BCUT2D eigenvalue weighted by Crippen LogP contribution is 2.35. The molecular weight excluding hydrogens is 368 g/mol. The van der Waals surface area contributed by atoms with Crippen molar-refractivity contribution in [1.82, 2.24) is 4.90 Å². The zero-order valence-corrected chi connectivity index (χ0v) is 16.8. The van der Waals surface area contributed by atoms with Crippen molar-refractivity contribution in [3.8, 4) is 5.75 Å². The van der Waals surface area contributed by atoms with Crippen LogP contribution < -0.4 is 9.64 Å². The van der Waals surface area contributed by atoms with Gasteiger partial charge in [0, 0.05) is 0 Å². The molecule has 0 spiro atoms. The molecule has 0 saturated heterocycles. The van der Waals surface area contributed by atoms with Gasteiger partial charge in [0.2, 0.25) is 0 Å². The highest BCUT2D eigenvalue weighted by Gasteiger charge is 2.44. The number of carbonyl (C=O) groups excluding carboxylic acids is 3. The minimum absolute atomic E-state index is 0.131. The molecule has 0 aromatic heterocycles. The summed E-state index contributed by atoms with van der Waals surface area (Å²) in [7, 11) is 0. The lowest BCUT2D eigenvalue weighted by molar-refractivity contribution is -0.123. The molecule has 1 atom stereocenters. The Morgan fingerprint density at radius 3 is 2.34 bits per heavy atom. The molecule has 6 heteroatoms. The third-order valence-corrected chi connectivity index (χ3v) is 5.36. The summed E-state index contributed by atoms with van der Waals surface area (Å²) in [5.74, 6) is -0.278. The number of benzene rings is 2. The number of fused-ring (bicyclic) bond motifs is 2. The van der Waals surface area contributed by atoms with E-state index in [2.05, 4.69) is 0 Å². The minimum Gasteiger partial charge on any atom is -0.490 e. The molecule has 29 heavy (non-hydrogen) atoms. The first-order chi connectivity index (χ1) is 13.9. The summed E-state index contributed by atoms with van der Waals surface area (Å²) in [6.45, 7) is 6.67. The zero-order chi connectivity index (χ0) is 20.7. The molecule has 2 heterocycles. The second-order valence-electron chi connectivity index (χ2n) is 7.98. The van der Waals surface area contributed by atoms with Crippen LogP contribution in [0.1, 0.15) is 46.5 Å². The van der Waals surface area contributed by atoms with E-state index in [1.54, 1.807) is 29.2 Å². The Morgan fingerprint density at radius 2 is 1.72 bits per heavy atom. The summed E-state index contributed by atoms with van der Waals surface area (Å²) >= 11 is 0. The molecule has 3 amide bonds. The summed E-state index contributed by atoms with van der Waals surface area (Å²) < 4.78 is 5.70. The predicted octanol–water partition coefficient (Wildman–Crippen LogP) is 3.43. The first-order valence-electron chi connectivity index (χ1n) is 9.90. The van der Waals surface area contributed by atoms with Crippen molar-refractivity contribution in [3.05, 3.63) is 59.2 Å². The fourth-order valence-corrected chi connectivity index (χ4v) is 3.99. The maximum Gasteiger partial charge on any atom is 0.262 e. The predicted molar refractivity (Wildman–Crippen MR) is 109 cm³/mol. The normalized spacial score (nSPS) is 16.6. The standard InChI is InChI=1S/C23H24N2O4/c1-14(2)12-19(25-21(26)16-6-4-5-7-17(16)22(25)27)23(28)24-10-11-29-20-9-8-15(3)13-18(20)24/h4-9,13-14,19H,10-12H2,1-3H3. The monoisotopic (exact) mass is 392 g/mol. The van der Waals surface area contributed by atoms with E-state index in [0.717, 1.165) is 10.5 Å². The molecule has 0 N–H and O–H groups in total. The van der Waals surface area contributed by atoms with Crippen LogP contribution in [-0.2, 0) is 4.79 Å². The molecular formula is C23H24N2O4. The number of anilines is 1. The number of hydrogen-bond acceptors (Lipinski definition) is 4. The summed E-state index contributed by atoms with van der Waals surface area (Å²) in [5.41, 5.74) is 2.41. The summed E-state index contributed by atoms with van der Waals surface area (Å²) in [5, 5.41) is 0. The van der Waals surface area contributed by atoms with Crippen molar-refractivity contribution in [2.24, 2.45) is 5.92 Å². The quantitative estimate of drug-likeness (QED) is 0.748. The van der Waals surface area contributed by atoms with E-state index in [9.17, 15) is 14.4 Å². The largest absolute Gasteiger partial charge is 0.490 e. The van der Waals surface area contributed by atoms with Gasteiger partial charge in [0.05, 0.1) is 23.4 Å². The van der Waals surface area contributed by atoms with Crippen LogP contribution in [-0.4, -0.2) is 41.8 Å². The van der Waals surface area contributed by atoms with Gasteiger partial charge in [-0.15, -0.1) is 0 Å². The smallest absolute Gasteiger partial charge is 0.262 e. The molecule has 150 valence electrons. The fraction of sp³-hybridized carbons (Fsp3) is 0.348. The molecule has 0 bridgehead atoms. The van der Waals surface area contributed by atoms with Crippen LogP contribution in [0.4, 0.5) is 5.69 Å². The van der Waals surface area contributed by atoms with Gasteiger partial charge in [-0.05, 0) is 49.1 Å². The first-order valence-corrected chi connectivity index (χ1v) is 9.90. The molecule has 6 nitrogen and oxygen atoms in total. The summed E-state index contributed by atoms with van der Waals surface area (Å²) in [4.78, 5) is 42.5. The van der Waals surface area contributed by atoms with Crippen LogP contribution >= 0.6 is 0 Å². The average molecular weight is 392 g/mol. The lowest BCUT2D eigenvalue weighted by atomic mass is 10.00. The Kier molecular flexibility index (Phi) is 4.86. The third kappa shape index (κ3) is 3.28. The van der Waals surface area contributed by atoms with Crippen LogP contribution in [0.25, 0.3) is 0 Å². The molecule has 2 aliphatic heterocycles. The van der Waals surface area contributed by atoms with Gasteiger partial charge in [-0.2, -0.15) is 0 Å². The van der Waals surface area contributed by atoms with E-state index in [-0.39, 0.29) is 11.8 Å². The summed E-state index contributed by atoms with van der Waals surface area (Å²) in [6, 6.07) is 11.6. The number of hydrogen-bond donors (Lipinski definition) is 0. The lowest BCUT2D eigenvalue weighted by Crippen LogP contribution is -2.53. The van der Waals surface area contributed by atoms with Crippen molar-refractivity contribution >= 4 is 23.4 Å². The molecule has 0 saturated carbocycles. The Labute approximate surface area is 170 Å². The maximum atomic E-state index is 13.7. The molecule has 0 fully saturated rings. The molecule has 1 unspecified atom stereocenters. The number of amides is 3. The topological polar surface area (TPSA) is 66.9 Å². The lowest BCUT2D eigenvalue weighted by Gasteiger charge is -2.35. The van der Waals surface area contributed by atoms with Crippen molar-refractivity contribution in [2.45, 2.75) is 33.2 Å². The number of rotatable bonds is 4. The number of imide groups is 1. The number of nitrogens with zero attached hydrogens (tertiary/aromatic N) is 2. The highest BCUT2D eigenvalue weighted by atomic mass is 16.5. The Balaban J connectivity index is 1.72. The Hall–Kier alpha value is -3.15. The molecule has 0 aliphatic carbocycles. The molecule has 2 aromatic carbocycles. The van der Waals surface area contributed by atoms with Crippen LogP contribution in [0.3, 0.4) is 0 Å². The number of ether oxygens (including phenoxy) is 1. The summed E-state index contributed by atoms with van der Waals surface area (Å²) in [6.07, 6.45) is 0.406. The van der Waals surface area contributed by atoms with Gasteiger partial charge < -0.3 is 9.64 Å². The minimum atomic E-state index is -0.853. The number of aryl methyl sites for hydroxylation is 1. The van der Waals surface area contributed by atoms with E-state index in [0.29, 0.717) is 42.1 Å². The van der Waals surface area contributed by atoms with Gasteiger partial charge in [-0.25, -0.2) is 0 Å². The average Bonchev–Trinajstić information content (AvgIpc) is 2.96. The van der Waals surface area contributed by atoms with Gasteiger partial charge in [0.1, 0.15) is 18.4 Å². The zero-order valence-electron chi connectivity index (χ0n) is 16.8. The van der Waals surface area contributed by atoms with Crippen LogP contribution in [0.5, 0.6) is 5.75 Å². The Morgan fingerprint density at radius 1 is 1.07 bits per heavy atom. The van der Waals surface area contributed by atoms with E-state index in [1.165, 1.54) is 0 Å². The third-order valence-electron chi connectivity index (χ3n) is 5.36. The SMILES string of the molecule is Cc1ccc2c(c1)N(C(=O)C(CC(C)C)N1C(=O)c3ccccc3C1=O)CCO2. The highest BCUT2D eigenvalue weighted by molar-refractivity contribution is 6.23. The molecule has 2 aromatic rings. The number of carbonyl (C=O) groups is 3. The van der Waals surface area contributed by atoms with E-state index in [1.807, 2.05) is 39.0 Å². The van der Waals surface area contributed by atoms with Crippen LogP contribution in [0, 0.1) is 12.8 Å². The van der Waals surface area contributed by atoms with Gasteiger partial charge >= 0.3 is 0 Å². The molecule has 0 radical (unpaired) electrons. The second-order valence-corrected chi connectivity index (χ2v) is 7.98. The van der Waals surface area contributed by atoms with Gasteiger partial charge in [0.25, 0.3) is 17.7 Å². The van der Waals surface area contributed by atoms with Gasteiger partial charge in [-0.1, -0.05) is 32.0 Å². The Bertz CT molecular complexity index is 963. The second kappa shape index (κ2) is 7.35. The van der Waals surface area contributed by atoms with E-state index >= 15 is 0 Å². The maximum absolute atomic E-state index is 13.7. The molecule has 2 aliphatic rings. The van der Waals surface area contributed by atoms with Crippen LogP contribution in [0.15, 0.2) is 42.5 Å². The van der Waals surface area contributed by atoms with Crippen molar-refractivity contribution in [1.29, 1.82) is 0 Å². The van der Waals surface area contributed by atoms with Crippen molar-refractivity contribution < 1.29 is 19.1 Å². The van der Waals surface area contributed by atoms with Crippen molar-refractivity contribution in [2.75, 3.05) is 18.1 Å². The van der Waals surface area contributed by atoms with Crippen LogP contribution in [0.2, 0.25) is 0 Å². The fourth-order valence-electron chi connectivity index (χ4n) is 3.99.